The van der Waals surface area contributed by atoms with Crippen LogP contribution in [0.5, 0.6) is 0 Å². The molecule has 4 heteroatoms. The molecule has 0 aromatic heterocycles. The molecule has 0 amide bonds. The summed E-state index contributed by atoms with van der Waals surface area (Å²) in [6, 6.07) is 0. The van der Waals surface area contributed by atoms with Crippen LogP contribution in [0.4, 0.5) is 0 Å². The highest BCUT2D eigenvalue weighted by atomic mass is 19.0. The van der Waals surface area contributed by atoms with E-state index in [0.717, 1.165) is 0 Å². The second kappa shape index (κ2) is 26.8. The third-order valence-corrected chi connectivity index (χ3v) is 5.94. The van der Waals surface area contributed by atoms with Gasteiger partial charge in [-0.1, -0.05) is 79.1 Å². The number of rotatable bonds is 20. The molecule has 0 rings (SSSR count). The molecule has 176 valence electrons. The minimum atomic E-state index is 0. The Morgan fingerprint density at radius 3 is 0.750 bits per heavy atom. The van der Waals surface area contributed by atoms with Crippen LogP contribution in [0, 0.1) is 0 Å². The predicted octanol–water partition coefficient (Wildman–Crippen LogP) is -0.639. The molecule has 0 heterocycles. The van der Waals surface area contributed by atoms with Crippen LogP contribution in [-0.2, 0) is 0 Å². The molecule has 0 aliphatic carbocycles. The first-order valence-corrected chi connectivity index (χ1v) is 12.1. The average Bonchev–Trinajstić information content (AvgIpc) is 2.63. The Hall–Kier alpha value is -0.250. The third kappa shape index (κ3) is 20.5. The maximum Gasteiger partial charge on any atom is 1.00 e. The van der Waals surface area contributed by atoms with E-state index in [1.165, 1.54) is 133 Å². The van der Waals surface area contributed by atoms with Crippen molar-refractivity contribution < 1.29 is 21.4 Å². The smallest absolute Gasteiger partial charge is 1.00 e. The molecule has 0 spiro atoms. The van der Waals surface area contributed by atoms with Crippen LogP contribution >= 0.6 is 0 Å². The number of hydrogen-bond donors (Lipinski definition) is 0. The summed E-state index contributed by atoms with van der Waals surface area (Å²) in [5, 5.41) is 0. The third-order valence-electron chi connectivity index (χ3n) is 5.94. The summed E-state index contributed by atoms with van der Waals surface area (Å²) in [7, 11) is 0. The Bertz CT molecular complexity index is 219. The molecule has 0 saturated carbocycles. The van der Waals surface area contributed by atoms with Gasteiger partial charge >= 0.3 is 2.85 Å². The number of nitrogens with zero attached hydrogens (tertiary/aromatic N) is 1. The molecule has 1 nitrogen and oxygen atoms in total. The van der Waals surface area contributed by atoms with E-state index in [1.54, 1.807) is 0 Å². The van der Waals surface area contributed by atoms with Gasteiger partial charge in [-0.15, -0.1) is 0 Å². The number of hydrogen-bond acceptors (Lipinski definition) is 0. The van der Waals surface area contributed by atoms with Gasteiger partial charge in [0.25, 0.3) is 0 Å². The highest BCUT2D eigenvalue weighted by molar-refractivity contribution is 4.53. The summed E-state index contributed by atoms with van der Waals surface area (Å²) in [6.07, 6.45) is 22.8. The molecule has 0 aromatic carbocycles. The second-order valence-electron chi connectivity index (χ2n) is 8.48. The monoisotopic (exact) mass is 413 g/mol. The minimum absolute atomic E-state index is 0. The minimum Gasteiger partial charge on any atom is -1.00 e. The van der Waals surface area contributed by atoms with E-state index in [-0.39, 0.29) is 17.0 Å². The number of halogens is 3. The molecular weight excluding hydrogens is 359 g/mol. The van der Waals surface area contributed by atoms with Gasteiger partial charge in [0, 0.05) is 0 Å². The summed E-state index contributed by atoms with van der Waals surface area (Å²) >= 11 is 0. The topological polar surface area (TPSA) is 0 Å². The predicted molar refractivity (Wildman–Crippen MR) is 119 cm³/mol. The summed E-state index contributed by atoms with van der Waals surface area (Å²) in [5.41, 5.74) is 0. The first-order valence-electron chi connectivity index (χ1n) is 12.1. The zero-order valence-electron chi connectivity index (χ0n) is 21.7. The van der Waals surface area contributed by atoms with Crippen LogP contribution in [0.1, 0.15) is 133 Å². The van der Waals surface area contributed by atoms with E-state index in [9.17, 15) is 0 Å². The van der Waals surface area contributed by atoms with E-state index in [4.69, 9.17) is 0 Å². The maximum absolute atomic E-state index is 2.34. The van der Waals surface area contributed by atoms with Crippen molar-refractivity contribution in [2.24, 2.45) is 0 Å². The van der Waals surface area contributed by atoms with Crippen LogP contribution in [0.15, 0.2) is 0 Å². The lowest BCUT2D eigenvalue weighted by Gasteiger charge is -2.39. The van der Waals surface area contributed by atoms with Crippen molar-refractivity contribution in [3.63, 3.8) is 0 Å². The van der Waals surface area contributed by atoms with Crippen molar-refractivity contribution in [2.45, 2.75) is 130 Å². The largest absolute Gasteiger partial charge is 1.00 e. The summed E-state index contributed by atoms with van der Waals surface area (Å²) in [5.74, 6) is 0. The summed E-state index contributed by atoms with van der Waals surface area (Å²) in [4.78, 5) is 0. The van der Waals surface area contributed by atoms with E-state index in [1.807, 2.05) is 0 Å². The average molecular weight is 414 g/mol. The van der Waals surface area contributed by atoms with Crippen LogP contribution < -0.4 is 14.1 Å². The quantitative estimate of drug-likeness (QED) is 0.184. The van der Waals surface area contributed by atoms with E-state index >= 15 is 0 Å². The van der Waals surface area contributed by atoms with E-state index < -0.39 is 0 Å². The Morgan fingerprint density at radius 2 is 0.571 bits per heavy atom. The van der Waals surface area contributed by atoms with Crippen LogP contribution in [0.3, 0.4) is 0 Å². The molecule has 0 unspecified atom stereocenters. The second-order valence-corrected chi connectivity index (χ2v) is 8.48. The van der Waals surface area contributed by atoms with Gasteiger partial charge in [-0.2, -0.15) is 0 Å². The fourth-order valence-electron chi connectivity index (χ4n) is 4.17. The van der Waals surface area contributed by atoms with Gasteiger partial charge in [-0.25, -0.2) is 0 Å². The zero-order valence-corrected chi connectivity index (χ0v) is 19.7. The Morgan fingerprint density at radius 1 is 0.357 bits per heavy atom. The van der Waals surface area contributed by atoms with Gasteiger partial charge in [0.05, 0.1) is 26.2 Å². The molecule has 0 N–H and O–H groups in total. The first-order chi connectivity index (χ1) is 12.2. The lowest BCUT2D eigenvalue weighted by molar-refractivity contribution is -0.929. The van der Waals surface area contributed by atoms with Crippen molar-refractivity contribution in [2.75, 3.05) is 26.2 Å². The molecular formula is C24H54F3N. The van der Waals surface area contributed by atoms with Gasteiger partial charge in [-0.05, 0) is 51.4 Å². The van der Waals surface area contributed by atoms with Gasteiger partial charge in [0.1, 0.15) is 0 Å². The number of unbranched alkanes of at least 4 members (excludes halogenated alkanes) is 12. The highest BCUT2D eigenvalue weighted by Crippen LogP contribution is 2.19. The van der Waals surface area contributed by atoms with Crippen LogP contribution in [0.2, 0.25) is 0 Å². The Balaban J connectivity index is -0.000000288. The maximum atomic E-state index is 2.34. The Kier molecular flexibility index (Phi) is 33.6. The van der Waals surface area contributed by atoms with Crippen molar-refractivity contribution in [1.82, 2.24) is 0 Å². The zero-order chi connectivity index (χ0) is 18.6. The summed E-state index contributed by atoms with van der Waals surface area (Å²) in [6.45, 7) is 15.2. The molecule has 0 bridgehead atoms. The Labute approximate surface area is 178 Å². The first kappa shape index (κ1) is 35.2. The molecule has 0 aliphatic rings. The molecule has 0 radical (unpaired) electrons. The molecule has 0 aliphatic heterocycles. The molecule has 28 heavy (non-hydrogen) atoms. The number of quaternary nitrogens is 1. The van der Waals surface area contributed by atoms with Crippen molar-refractivity contribution in [1.29, 1.82) is 0 Å². The standard InChI is InChI=1S/C24H52N.3FH/c1-5-9-13-17-21-25(22-18-14-10-6-2,23-19-15-11-7-3)24-20-16-12-8-4;;;/h5-24H2,1-4H3;3*1H/q+1;;;/p-1. The molecule has 0 atom stereocenters. The molecule has 0 saturated heterocycles. The lowest BCUT2D eigenvalue weighted by Crippen LogP contribution is -3.00. The molecule has 0 fully saturated rings. The van der Waals surface area contributed by atoms with Gasteiger partial charge in [0.15, 0.2) is 0 Å². The van der Waals surface area contributed by atoms with E-state index in [2.05, 4.69) is 27.7 Å². The lowest BCUT2D eigenvalue weighted by atomic mass is 10.1. The SMILES string of the molecule is CCCCCC[N+](CCCCCC)(CCCCCC)CCCCCC.[F-].[F-].[F-].[H+].[H+]. The van der Waals surface area contributed by atoms with Crippen LogP contribution in [0.25, 0.3) is 0 Å². The van der Waals surface area contributed by atoms with Gasteiger partial charge < -0.3 is 18.6 Å². The van der Waals surface area contributed by atoms with Gasteiger partial charge in [0.2, 0.25) is 0 Å². The van der Waals surface area contributed by atoms with Gasteiger partial charge in [-0.3, -0.25) is 0 Å². The summed E-state index contributed by atoms with van der Waals surface area (Å²) < 4.78 is 1.46. The van der Waals surface area contributed by atoms with Crippen molar-refractivity contribution in [3.05, 3.63) is 0 Å². The van der Waals surface area contributed by atoms with Crippen molar-refractivity contribution >= 4 is 0 Å². The fraction of sp³-hybridized carbons (Fsp3) is 1.00. The fourth-order valence-corrected chi connectivity index (χ4v) is 4.17. The normalized spacial score (nSPS) is 10.7. The van der Waals surface area contributed by atoms with E-state index in [0.29, 0.717) is 0 Å². The highest BCUT2D eigenvalue weighted by Gasteiger charge is 2.25. The van der Waals surface area contributed by atoms with Crippen LogP contribution in [-0.4, -0.2) is 30.7 Å². The van der Waals surface area contributed by atoms with Crippen molar-refractivity contribution in [3.8, 4) is 0 Å². The molecule has 0 aromatic rings.